The molecule has 4 amide bonds. The van der Waals surface area contributed by atoms with Crippen LogP contribution in [0.1, 0.15) is 63.7 Å². The monoisotopic (exact) mass is 583 g/mol. The second-order valence-electron chi connectivity index (χ2n) is 9.82. The topological polar surface area (TPSA) is 149 Å². The van der Waals surface area contributed by atoms with Crippen LogP contribution in [0.2, 0.25) is 10.0 Å². The van der Waals surface area contributed by atoms with E-state index in [0.717, 1.165) is 37.2 Å². The minimum atomic E-state index is -0.543. The smallest absolute Gasteiger partial charge is 0.271 e. The third-order valence-electron chi connectivity index (χ3n) is 7.10. The van der Waals surface area contributed by atoms with E-state index in [0.29, 0.717) is 19.4 Å². The summed E-state index contributed by atoms with van der Waals surface area (Å²) >= 11 is 12.3. The molecule has 2 aliphatic heterocycles. The third-order valence-corrected chi connectivity index (χ3v) is 7.73. The number of nitrogens with one attached hydrogen (secondary N) is 4. The zero-order valence-corrected chi connectivity index (χ0v) is 22.9. The van der Waals surface area contributed by atoms with Crippen molar-refractivity contribution < 1.29 is 19.2 Å². The molecule has 2 saturated heterocycles. The highest BCUT2D eigenvalue weighted by molar-refractivity contribution is 6.40. The maximum atomic E-state index is 13.0. The van der Waals surface area contributed by atoms with Crippen LogP contribution in [0.4, 0.5) is 5.69 Å². The molecule has 208 valence electrons. The van der Waals surface area contributed by atoms with Gasteiger partial charge in [0.2, 0.25) is 11.8 Å². The number of H-pyrrole nitrogens is 1. The van der Waals surface area contributed by atoms with Crippen molar-refractivity contribution in [3.63, 3.8) is 0 Å². The highest BCUT2D eigenvalue weighted by Gasteiger charge is 2.28. The molecule has 4 N–H and O–H groups in total. The summed E-state index contributed by atoms with van der Waals surface area (Å²) < 4.78 is 0. The number of hydrogen-bond acceptors (Lipinski definition) is 7. The summed E-state index contributed by atoms with van der Waals surface area (Å²) in [6.07, 6.45) is 5.38. The Morgan fingerprint density at radius 3 is 2.42 bits per heavy atom. The molecule has 2 aromatic heterocycles. The van der Waals surface area contributed by atoms with Gasteiger partial charge in [0.1, 0.15) is 5.69 Å². The predicted molar refractivity (Wildman–Crippen MR) is 148 cm³/mol. The first-order chi connectivity index (χ1) is 19.3. The van der Waals surface area contributed by atoms with Crippen LogP contribution in [0, 0.1) is 0 Å². The van der Waals surface area contributed by atoms with Crippen molar-refractivity contribution in [1.82, 2.24) is 30.7 Å². The van der Waals surface area contributed by atoms with Crippen molar-refractivity contribution in [2.24, 2.45) is 0 Å². The lowest BCUT2D eigenvalue weighted by molar-refractivity contribution is -0.134. The predicted octanol–water partition coefficient (Wildman–Crippen LogP) is 3.28. The summed E-state index contributed by atoms with van der Waals surface area (Å²) in [6, 6.07) is 8.53. The van der Waals surface area contributed by atoms with Crippen molar-refractivity contribution in [2.45, 2.75) is 44.2 Å². The van der Waals surface area contributed by atoms with Crippen molar-refractivity contribution in [3.05, 3.63) is 75.3 Å². The van der Waals surface area contributed by atoms with E-state index in [1.807, 2.05) is 12.1 Å². The summed E-state index contributed by atoms with van der Waals surface area (Å²) in [5, 5.41) is 15.0. The third kappa shape index (κ3) is 6.33. The maximum Gasteiger partial charge on any atom is 0.271 e. The number of aromatic nitrogens is 3. The highest BCUT2D eigenvalue weighted by atomic mass is 35.5. The molecule has 0 radical (unpaired) electrons. The molecule has 0 aliphatic carbocycles. The molecule has 1 aromatic carbocycles. The van der Waals surface area contributed by atoms with Gasteiger partial charge in [-0.05, 0) is 43.0 Å². The first-order valence-corrected chi connectivity index (χ1v) is 13.6. The van der Waals surface area contributed by atoms with E-state index >= 15 is 0 Å². The number of amides is 4. The molecule has 2 fully saturated rings. The Morgan fingerprint density at radius 1 is 1.00 bits per heavy atom. The lowest BCUT2D eigenvalue weighted by atomic mass is 9.91. The number of piperidine rings is 2. The van der Waals surface area contributed by atoms with E-state index in [1.165, 1.54) is 6.20 Å². The first-order valence-electron chi connectivity index (χ1n) is 12.9. The fourth-order valence-corrected chi connectivity index (χ4v) is 5.49. The normalized spacial score (nSPS) is 18.3. The number of pyridine rings is 1. The Morgan fingerprint density at radius 2 is 1.75 bits per heavy atom. The molecule has 0 bridgehead atoms. The molecule has 3 aromatic rings. The van der Waals surface area contributed by atoms with Crippen molar-refractivity contribution in [1.29, 1.82) is 0 Å². The summed E-state index contributed by atoms with van der Waals surface area (Å²) in [5.74, 6) is -1.78. The molecular weight excluding hydrogens is 557 g/mol. The SMILES string of the molecule is O=C1CCC(c2ccc(CN3CCC(NC(=O)c4[nH]ncc4NC(=O)c4c(Cl)cccc4Cl)CC3)nc2)C(=O)N1. The number of rotatable bonds is 7. The number of halogens is 2. The Labute approximate surface area is 240 Å². The minimum absolute atomic E-state index is 0.0449. The highest BCUT2D eigenvalue weighted by Crippen LogP contribution is 2.27. The second-order valence-corrected chi connectivity index (χ2v) is 10.6. The van der Waals surface area contributed by atoms with E-state index < -0.39 is 5.91 Å². The zero-order chi connectivity index (χ0) is 28.2. The number of nitrogens with zero attached hydrogens (tertiary/aromatic N) is 3. The van der Waals surface area contributed by atoms with Gasteiger partial charge in [-0.1, -0.05) is 35.3 Å². The van der Waals surface area contributed by atoms with E-state index in [-0.39, 0.29) is 56.7 Å². The lowest BCUT2D eigenvalue weighted by Crippen LogP contribution is -2.44. The lowest BCUT2D eigenvalue weighted by Gasteiger charge is -2.32. The van der Waals surface area contributed by atoms with E-state index in [9.17, 15) is 19.2 Å². The molecule has 0 spiro atoms. The summed E-state index contributed by atoms with van der Waals surface area (Å²) in [6.45, 7) is 2.18. The molecule has 0 saturated carbocycles. The molecule has 11 nitrogen and oxygen atoms in total. The Bertz CT molecular complexity index is 1410. The second kappa shape index (κ2) is 12.2. The quantitative estimate of drug-likeness (QED) is 0.312. The summed E-state index contributed by atoms with van der Waals surface area (Å²) in [4.78, 5) is 56.0. The van der Waals surface area contributed by atoms with Gasteiger partial charge < -0.3 is 10.6 Å². The van der Waals surface area contributed by atoms with Gasteiger partial charge in [-0.3, -0.25) is 39.5 Å². The van der Waals surface area contributed by atoms with Gasteiger partial charge in [0.25, 0.3) is 11.8 Å². The molecule has 13 heteroatoms. The van der Waals surface area contributed by atoms with E-state index in [2.05, 4.69) is 36.0 Å². The van der Waals surface area contributed by atoms with Crippen molar-refractivity contribution in [3.8, 4) is 0 Å². The van der Waals surface area contributed by atoms with Gasteiger partial charge in [-0.2, -0.15) is 5.10 Å². The van der Waals surface area contributed by atoms with Gasteiger partial charge >= 0.3 is 0 Å². The minimum Gasteiger partial charge on any atom is -0.348 e. The number of carbonyl (C=O) groups excluding carboxylic acids is 4. The van der Waals surface area contributed by atoms with Crippen LogP contribution in [0.5, 0.6) is 0 Å². The van der Waals surface area contributed by atoms with Gasteiger partial charge in [0, 0.05) is 38.3 Å². The number of carbonyl (C=O) groups is 4. The fraction of sp³-hybridized carbons (Fsp3) is 0.333. The van der Waals surface area contributed by atoms with Crippen molar-refractivity contribution >= 4 is 52.5 Å². The number of hydrogen-bond donors (Lipinski definition) is 4. The number of benzene rings is 1. The average molecular weight is 584 g/mol. The Hall–Kier alpha value is -3.80. The van der Waals surface area contributed by atoms with E-state index in [1.54, 1.807) is 24.4 Å². The number of anilines is 1. The van der Waals surface area contributed by atoms with Gasteiger partial charge in [-0.15, -0.1) is 0 Å². The number of imide groups is 1. The molecule has 5 rings (SSSR count). The molecule has 1 unspecified atom stereocenters. The van der Waals surface area contributed by atoms with Crippen LogP contribution < -0.4 is 16.0 Å². The molecule has 4 heterocycles. The van der Waals surface area contributed by atoms with Crippen LogP contribution in [0.3, 0.4) is 0 Å². The molecular formula is C27H27Cl2N7O4. The van der Waals surface area contributed by atoms with Crippen LogP contribution in [-0.4, -0.2) is 62.8 Å². The Kier molecular flexibility index (Phi) is 8.43. The molecule has 2 aliphatic rings. The standard InChI is InChI=1S/C27H27Cl2N7O4/c28-19-2-1-3-20(29)23(19)26(39)33-21-13-31-35-24(21)27(40)32-16-8-10-36(11-9-16)14-17-5-4-15(12-30-17)18-6-7-22(37)34-25(18)38/h1-5,12-13,16,18H,6-11,14H2,(H,31,35)(H,32,40)(H,33,39)(H,34,37,38). The average Bonchev–Trinajstić information content (AvgIpc) is 3.38. The zero-order valence-electron chi connectivity index (χ0n) is 21.4. The maximum absolute atomic E-state index is 13.0. The Balaban J connectivity index is 1.11. The van der Waals surface area contributed by atoms with E-state index in [4.69, 9.17) is 23.2 Å². The van der Waals surface area contributed by atoms with Gasteiger partial charge in [0.05, 0.1) is 39.1 Å². The van der Waals surface area contributed by atoms with Crippen LogP contribution in [0.25, 0.3) is 0 Å². The number of likely N-dealkylation sites (tertiary alicyclic amines) is 1. The summed E-state index contributed by atoms with van der Waals surface area (Å²) in [5.41, 5.74) is 2.17. The largest absolute Gasteiger partial charge is 0.348 e. The van der Waals surface area contributed by atoms with Gasteiger partial charge in [0.15, 0.2) is 0 Å². The molecule has 40 heavy (non-hydrogen) atoms. The van der Waals surface area contributed by atoms with Crippen LogP contribution in [-0.2, 0) is 16.1 Å². The van der Waals surface area contributed by atoms with Crippen molar-refractivity contribution in [2.75, 3.05) is 18.4 Å². The number of aromatic amines is 1. The molecule has 1 atom stereocenters. The van der Waals surface area contributed by atoms with Crippen LogP contribution >= 0.6 is 23.2 Å². The fourth-order valence-electron chi connectivity index (χ4n) is 4.92. The van der Waals surface area contributed by atoms with Gasteiger partial charge in [-0.25, -0.2) is 0 Å². The summed E-state index contributed by atoms with van der Waals surface area (Å²) in [7, 11) is 0. The first kappa shape index (κ1) is 27.8. The van der Waals surface area contributed by atoms with Crippen LogP contribution in [0.15, 0.2) is 42.7 Å².